The molecule has 2 aliphatic carbocycles. The summed E-state index contributed by atoms with van der Waals surface area (Å²) >= 11 is 0. The molecule has 2 bridgehead atoms. The number of aryl methyl sites for hydroxylation is 2. The molecule has 0 heterocycles. The molecule has 5 atom stereocenters. The van der Waals surface area contributed by atoms with Crippen LogP contribution in [0.1, 0.15) is 48.9 Å². The van der Waals surface area contributed by atoms with Crippen molar-refractivity contribution in [1.82, 2.24) is 5.32 Å². The van der Waals surface area contributed by atoms with Gasteiger partial charge in [0.15, 0.2) is 0 Å². The van der Waals surface area contributed by atoms with Crippen molar-refractivity contribution in [2.75, 3.05) is 0 Å². The number of benzene rings is 1. The van der Waals surface area contributed by atoms with Crippen LogP contribution in [0.15, 0.2) is 18.2 Å². The third-order valence-corrected chi connectivity index (χ3v) is 5.54. The maximum Gasteiger partial charge on any atom is 0.225 e. The summed E-state index contributed by atoms with van der Waals surface area (Å²) in [5.74, 6) is 1.26. The van der Waals surface area contributed by atoms with Crippen molar-refractivity contribution in [3.63, 3.8) is 0 Å². The zero-order valence-corrected chi connectivity index (χ0v) is 13.2. The molecule has 0 aromatic heterocycles. The molecule has 5 unspecified atom stereocenters. The fourth-order valence-corrected chi connectivity index (χ4v) is 4.34. The number of carbonyl (C=O) groups is 1. The predicted octanol–water partition coefficient (Wildman–Crippen LogP) is 2.85. The Hall–Kier alpha value is -1.35. The van der Waals surface area contributed by atoms with Gasteiger partial charge in [0.1, 0.15) is 0 Å². The van der Waals surface area contributed by atoms with Gasteiger partial charge < -0.3 is 11.1 Å². The first-order chi connectivity index (χ1) is 9.97. The molecule has 1 aromatic rings. The topological polar surface area (TPSA) is 55.1 Å². The largest absolute Gasteiger partial charge is 0.349 e. The fourth-order valence-electron chi connectivity index (χ4n) is 4.34. The van der Waals surface area contributed by atoms with Crippen molar-refractivity contribution in [2.24, 2.45) is 23.5 Å². The number of nitrogens with two attached hydrogens (primary N) is 1. The van der Waals surface area contributed by atoms with E-state index in [2.05, 4.69) is 44.3 Å². The van der Waals surface area contributed by atoms with Crippen LogP contribution in [0.4, 0.5) is 0 Å². The van der Waals surface area contributed by atoms with Crippen molar-refractivity contribution in [2.45, 2.75) is 52.1 Å². The highest BCUT2D eigenvalue weighted by Gasteiger charge is 2.49. The van der Waals surface area contributed by atoms with Gasteiger partial charge in [0, 0.05) is 6.04 Å². The van der Waals surface area contributed by atoms with Gasteiger partial charge in [-0.15, -0.1) is 0 Å². The van der Waals surface area contributed by atoms with E-state index in [1.165, 1.54) is 29.5 Å². The van der Waals surface area contributed by atoms with E-state index in [1.807, 2.05) is 0 Å². The standard InChI is InChI=1S/C18H26N2O/c1-10-4-5-11(2)15(8-10)12(3)20-18(21)16-13-6-7-14(9-13)17(16)19/h4-5,8,12-14,16-17H,6-7,9,19H2,1-3H3,(H,20,21). The zero-order valence-electron chi connectivity index (χ0n) is 13.2. The lowest BCUT2D eigenvalue weighted by Crippen LogP contribution is -2.45. The first kappa shape index (κ1) is 14.6. The molecule has 0 saturated heterocycles. The van der Waals surface area contributed by atoms with E-state index in [1.54, 1.807) is 0 Å². The zero-order chi connectivity index (χ0) is 15.1. The van der Waals surface area contributed by atoms with Crippen LogP contribution in [0.3, 0.4) is 0 Å². The molecule has 2 saturated carbocycles. The summed E-state index contributed by atoms with van der Waals surface area (Å²) < 4.78 is 0. The maximum atomic E-state index is 12.6. The summed E-state index contributed by atoms with van der Waals surface area (Å²) in [5, 5.41) is 3.20. The molecule has 0 spiro atoms. The molecule has 0 radical (unpaired) electrons. The fraction of sp³-hybridized carbons (Fsp3) is 0.611. The van der Waals surface area contributed by atoms with Gasteiger partial charge in [0.05, 0.1) is 12.0 Å². The van der Waals surface area contributed by atoms with Crippen LogP contribution < -0.4 is 11.1 Å². The van der Waals surface area contributed by atoms with Crippen molar-refractivity contribution in [3.8, 4) is 0 Å². The first-order valence-corrected chi connectivity index (χ1v) is 8.10. The van der Waals surface area contributed by atoms with Gasteiger partial charge in [-0.3, -0.25) is 4.79 Å². The van der Waals surface area contributed by atoms with Crippen LogP contribution >= 0.6 is 0 Å². The lowest BCUT2D eigenvalue weighted by Gasteiger charge is -2.28. The SMILES string of the molecule is Cc1ccc(C)c(C(C)NC(=O)C2C3CCC(C3)C2N)c1. The summed E-state index contributed by atoms with van der Waals surface area (Å²) in [6, 6.07) is 6.51. The van der Waals surface area contributed by atoms with E-state index < -0.39 is 0 Å². The Morgan fingerprint density at radius 2 is 2.00 bits per heavy atom. The van der Waals surface area contributed by atoms with E-state index in [4.69, 9.17) is 5.73 Å². The minimum atomic E-state index is 0.0244. The first-order valence-electron chi connectivity index (χ1n) is 8.10. The third kappa shape index (κ3) is 2.59. The van der Waals surface area contributed by atoms with Gasteiger partial charge in [-0.2, -0.15) is 0 Å². The molecule has 3 rings (SSSR count). The number of hydrogen-bond donors (Lipinski definition) is 2. The van der Waals surface area contributed by atoms with E-state index in [0.29, 0.717) is 11.8 Å². The lowest BCUT2D eigenvalue weighted by atomic mass is 9.84. The molecule has 21 heavy (non-hydrogen) atoms. The van der Waals surface area contributed by atoms with Gasteiger partial charge in [0.2, 0.25) is 5.91 Å². The second-order valence-corrected chi connectivity index (χ2v) is 7.03. The average Bonchev–Trinajstić information content (AvgIpc) is 3.01. The number of fused-ring (bicyclic) bond motifs is 2. The molecular weight excluding hydrogens is 260 g/mol. The highest BCUT2D eigenvalue weighted by atomic mass is 16.2. The molecule has 1 aromatic carbocycles. The van der Waals surface area contributed by atoms with Crippen LogP contribution in [0.25, 0.3) is 0 Å². The smallest absolute Gasteiger partial charge is 0.225 e. The Morgan fingerprint density at radius 1 is 1.29 bits per heavy atom. The quantitative estimate of drug-likeness (QED) is 0.897. The highest BCUT2D eigenvalue weighted by molar-refractivity contribution is 5.81. The van der Waals surface area contributed by atoms with Gasteiger partial charge in [-0.1, -0.05) is 23.8 Å². The molecule has 1 amide bonds. The molecule has 0 aliphatic heterocycles. The summed E-state index contributed by atoms with van der Waals surface area (Å²) in [6.07, 6.45) is 3.54. The van der Waals surface area contributed by atoms with Crippen LogP contribution in [-0.4, -0.2) is 11.9 Å². The van der Waals surface area contributed by atoms with E-state index in [-0.39, 0.29) is 23.9 Å². The average molecular weight is 286 g/mol. The van der Waals surface area contributed by atoms with Crippen molar-refractivity contribution in [1.29, 1.82) is 0 Å². The van der Waals surface area contributed by atoms with Gasteiger partial charge >= 0.3 is 0 Å². The van der Waals surface area contributed by atoms with Crippen LogP contribution in [-0.2, 0) is 4.79 Å². The molecule has 2 aliphatic rings. The monoisotopic (exact) mass is 286 g/mol. The highest BCUT2D eigenvalue weighted by Crippen LogP contribution is 2.47. The van der Waals surface area contributed by atoms with E-state index in [9.17, 15) is 4.79 Å². The summed E-state index contributed by atoms with van der Waals surface area (Å²) in [7, 11) is 0. The number of hydrogen-bond acceptors (Lipinski definition) is 2. The number of amides is 1. The number of carbonyl (C=O) groups excluding carboxylic acids is 1. The van der Waals surface area contributed by atoms with E-state index >= 15 is 0 Å². The maximum absolute atomic E-state index is 12.6. The second kappa shape index (κ2) is 5.45. The number of rotatable bonds is 3. The Morgan fingerprint density at radius 3 is 2.67 bits per heavy atom. The predicted molar refractivity (Wildman–Crippen MR) is 84.8 cm³/mol. The molecule has 3 N–H and O–H groups in total. The normalized spacial score (nSPS) is 32.2. The summed E-state index contributed by atoms with van der Waals surface area (Å²) in [6.45, 7) is 6.25. The molecule has 114 valence electrons. The Bertz CT molecular complexity index is 552. The Labute approximate surface area is 127 Å². The minimum absolute atomic E-state index is 0.0244. The van der Waals surface area contributed by atoms with Crippen molar-refractivity contribution in [3.05, 3.63) is 34.9 Å². The van der Waals surface area contributed by atoms with Crippen LogP contribution in [0.5, 0.6) is 0 Å². The third-order valence-electron chi connectivity index (χ3n) is 5.54. The van der Waals surface area contributed by atoms with Crippen LogP contribution in [0.2, 0.25) is 0 Å². The van der Waals surface area contributed by atoms with Crippen LogP contribution in [0, 0.1) is 31.6 Å². The van der Waals surface area contributed by atoms with Crippen molar-refractivity contribution >= 4 is 5.91 Å². The van der Waals surface area contributed by atoms with Crippen molar-refractivity contribution < 1.29 is 4.79 Å². The Balaban J connectivity index is 1.71. The minimum Gasteiger partial charge on any atom is -0.349 e. The molecule has 3 heteroatoms. The summed E-state index contributed by atoms with van der Waals surface area (Å²) in [4.78, 5) is 12.6. The molecular formula is C18H26N2O. The lowest BCUT2D eigenvalue weighted by molar-refractivity contribution is -0.127. The van der Waals surface area contributed by atoms with E-state index in [0.717, 1.165) is 6.42 Å². The second-order valence-electron chi connectivity index (χ2n) is 7.03. The summed E-state index contributed by atoms with van der Waals surface area (Å²) in [5.41, 5.74) is 9.94. The molecule has 2 fully saturated rings. The van der Waals surface area contributed by atoms with Gasteiger partial charge in [0.25, 0.3) is 0 Å². The van der Waals surface area contributed by atoms with Gasteiger partial charge in [-0.05, 0) is 63.0 Å². The Kier molecular flexibility index (Phi) is 3.78. The molecule has 3 nitrogen and oxygen atoms in total. The number of nitrogens with one attached hydrogen (secondary N) is 1. The van der Waals surface area contributed by atoms with Gasteiger partial charge in [-0.25, -0.2) is 0 Å².